The Balaban J connectivity index is 2.06. The van der Waals surface area contributed by atoms with Crippen molar-refractivity contribution in [2.75, 3.05) is 11.1 Å². The second-order valence-electron chi connectivity index (χ2n) is 4.17. The molecule has 0 saturated carbocycles. The molecule has 2 aromatic carbocycles. The zero-order valence-corrected chi connectivity index (χ0v) is 10.0. The van der Waals surface area contributed by atoms with Gasteiger partial charge in [-0.3, -0.25) is 0 Å². The van der Waals surface area contributed by atoms with Gasteiger partial charge in [-0.25, -0.2) is 8.78 Å². The van der Waals surface area contributed by atoms with Crippen LogP contribution in [0.3, 0.4) is 0 Å². The van der Waals surface area contributed by atoms with E-state index in [4.69, 9.17) is 5.73 Å². The molecule has 0 amide bonds. The van der Waals surface area contributed by atoms with Crippen LogP contribution in [0.4, 0.5) is 20.2 Å². The predicted octanol–water partition coefficient (Wildman–Crippen LogP) is 3.47. The van der Waals surface area contributed by atoms with Crippen LogP contribution in [0.2, 0.25) is 0 Å². The molecule has 0 aliphatic heterocycles. The highest BCUT2D eigenvalue weighted by Crippen LogP contribution is 2.18. The molecule has 0 spiro atoms. The lowest BCUT2D eigenvalue weighted by molar-refractivity contribution is 0.507. The second kappa shape index (κ2) is 5.04. The molecule has 2 rings (SSSR count). The summed E-state index contributed by atoms with van der Waals surface area (Å²) in [7, 11) is 0. The van der Waals surface area contributed by atoms with Crippen molar-refractivity contribution >= 4 is 11.4 Å². The highest BCUT2D eigenvalue weighted by molar-refractivity contribution is 5.58. The third kappa shape index (κ3) is 2.77. The van der Waals surface area contributed by atoms with Gasteiger partial charge in [-0.2, -0.15) is 0 Å². The lowest BCUT2D eigenvalue weighted by atomic mass is 10.1. The SMILES string of the molecule is Cc1ccc(NCc2ccc(F)c(F)c2)cc1N. The van der Waals surface area contributed by atoms with E-state index in [0.29, 0.717) is 17.8 Å². The maximum absolute atomic E-state index is 13.0. The maximum Gasteiger partial charge on any atom is 0.159 e. The van der Waals surface area contributed by atoms with E-state index in [9.17, 15) is 8.78 Å². The van der Waals surface area contributed by atoms with Gasteiger partial charge in [0.1, 0.15) is 0 Å². The summed E-state index contributed by atoms with van der Waals surface area (Å²) >= 11 is 0. The normalized spacial score (nSPS) is 10.4. The molecular formula is C14H14F2N2. The maximum atomic E-state index is 13.0. The van der Waals surface area contributed by atoms with Gasteiger partial charge in [0.25, 0.3) is 0 Å². The topological polar surface area (TPSA) is 38.0 Å². The smallest absolute Gasteiger partial charge is 0.159 e. The molecule has 0 fully saturated rings. The first-order chi connectivity index (χ1) is 8.56. The van der Waals surface area contributed by atoms with E-state index in [1.54, 1.807) is 6.07 Å². The number of rotatable bonds is 3. The van der Waals surface area contributed by atoms with Crippen molar-refractivity contribution in [3.8, 4) is 0 Å². The Morgan fingerprint density at radius 1 is 1.06 bits per heavy atom. The van der Waals surface area contributed by atoms with E-state index in [1.165, 1.54) is 6.07 Å². The molecule has 0 atom stereocenters. The number of aryl methyl sites for hydroxylation is 1. The number of halogens is 2. The minimum atomic E-state index is -0.835. The largest absolute Gasteiger partial charge is 0.398 e. The fourth-order valence-corrected chi connectivity index (χ4v) is 1.60. The van der Waals surface area contributed by atoms with Crippen LogP contribution in [0.5, 0.6) is 0 Å². The summed E-state index contributed by atoms with van der Waals surface area (Å²) < 4.78 is 25.7. The highest BCUT2D eigenvalue weighted by Gasteiger charge is 2.02. The third-order valence-electron chi connectivity index (χ3n) is 2.76. The Bertz CT molecular complexity index is 516. The molecule has 0 aliphatic rings. The summed E-state index contributed by atoms with van der Waals surface area (Å²) in [5, 5.41) is 3.11. The standard InChI is InChI=1S/C14H14F2N2/c1-9-2-4-11(7-14(9)17)18-8-10-3-5-12(15)13(16)6-10/h2-7,18H,8,17H2,1H3. The lowest BCUT2D eigenvalue weighted by Crippen LogP contribution is -2.01. The fraction of sp³-hybridized carbons (Fsp3) is 0.143. The van der Waals surface area contributed by atoms with Gasteiger partial charge in [-0.1, -0.05) is 12.1 Å². The van der Waals surface area contributed by atoms with Crippen LogP contribution in [0, 0.1) is 18.6 Å². The van der Waals surface area contributed by atoms with Gasteiger partial charge in [0, 0.05) is 17.9 Å². The highest BCUT2D eigenvalue weighted by atomic mass is 19.2. The molecule has 2 nitrogen and oxygen atoms in total. The first-order valence-corrected chi connectivity index (χ1v) is 5.60. The Hall–Kier alpha value is -2.10. The Kier molecular flexibility index (Phi) is 3.46. The second-order valence-corrected chi connectivity index (χ2v) is 4.17. The van der Waals surface area contributed by atoms with Crippen LogP contribution >= 0.6 is 0 Å². The van der Waals surface area contributed by atoms with Crippen molar-refractivity contribution < 1.29 is 8.78 Å². The number of nitrogens with two attached hydrogens (primary N) is 1. The molecule has 4 heteroatoms. The number of hydrogen-bond donors (Lipinski definition) is 2. The quantitative estimate of drug-likeness (QED) is 0.816. The number of hydrogen-bond acceptors (Lipinski definition) is 2. The first kappa shape index (κ1) is 12.4. The van der Waals surface area contributed by atoms with Gasteiger partial charge < -0.3 is 11.1 Å². The molecule has 0 saturated heterocycles. The van der Waals surface area contributed by atoms with E-state index >= 15 is 0 Å². The van der Waals surface area contributed by atoms with Gasteiger partial charge in [0.2, 0.25) is 0 Å². The molecule has 3 N–H and O–H groups in total. The number of benzene rings is 2. The molecule has 94 valence electrons. The zero-order valence-electron chi connectivity index (χ0n) is 10.0. The van der Waals surface area contributed by atoms with E-state index in [1.807, 2.05) is 25.1 Å². The molecule has 2 aromatic rings. The van der Waals surface area contributed by atoms with Gasteiger partial charge in [0.15, 0.2) is 11.6 Å². The number of nitrogen functional groups attached to an aromatic ring is 1. The van der Waals surface area contributed by atoms with Crippen molar-refractivity contribution in [2.45, 2.75) is 13.5 Å². The third-order valence-corrected chi connectivity index (χ3v) is 2.76. The van der Waals surface area contributed by atoms with Crippen molar-refractivity contribution in [3.63, 3.8) is 0 Å². The Labute approximate surface area is 104 Å². The van der Waals surface area contributed by atoms with Gasteiger partial charge in [0.05, 0.1) is 0 Å². The molecule has 0 aromatic heterocycles. The Morgan fingerprint density at radius 3 is 2.50 bits per heavy atom. The van der Waals surface area contributed by atoms with Crippen molar-refractivity contribution in [1.82, 2.24) is 0 Å². The van der Waals surface area contributed by atoms with Crippen LogP contribution in [0.25, 0.3) is 0 Å². The van der Waals surface area contributed by atoms with E-state index in [2.05, 4.69) is 5.32 Å². The van der Waals surface area contributed by atoms with Crippen LogP contribution in [0.15, 0.2) is 36.4 Å². The summed E-state index contributed by atoms with van der Waals surface area (Å²) in [6.45, 7) is 2.34. The van der Waals surface area contributed by atoms with Gasteiger partial charge in [-0.05, 0) is 42.3 Å². The minimum Gasteiger partial charge on any atom is -0.398 e. The van der Waals surface area contributed by atoms with Crippen LogP contribution in [0.1, 0.15) is 11.1 Å². The fourth-order valence-electron chi connectivity index (χ4n) is 1.60. The molecule has 0 bridgehead atoms. The monoisotopic (exact) mass is 248 g/mol. The van der Waals surface area contributed by atoms with Crippen LogP contribution in [-0.2, 0) is 6.54 Å². The first-order valence-electron chi connectivity index (χ1n) is 5.60. The van der Waals surface area contributed by atoms with E-state index < -0.39 is 11.6 Å². The van der Waals surface area contributed by atoms with Gasteiger partial charge >= 0.3 is 0 Å². The van der Waals surface area contributed by atoms with Crippen LogP contribution in [-0.4, -0.2) is 0 Å². The molecule has 0 unspecified atom stereocenters. The molecule has 0 heterocycles. The molecule has 0 radical (unpaired) electrons. The number of anilines is 2. The lowest BCUT2D eigenvalue weighted by Gasteiger charge is -2.09. The van der Waals surface area contributed by atoms with Crippen molar-refractivity contribution in [3.05, 3.63) is 59.2 Å². The summed E-state index contributed by atoms with van der Waals surface area (Å²) in [5.74, 6) is -1.67. The summed E-state index contributed by atoms with van der Waals surface area (Å²) in [6.07, 6.45) is 0. The van der Waals surface area contributed by atoms with E-state index in [0.717, 1.165) is 17.3 Å². The average molecular weight is 248 g/mol. The summed E-state index contributed by atoms with van der Waals surface area (Å²) in [5.41, 5.74) is 9.02. The molecule has 18 heavy (non-hydrogen) atoms. The molecular weight excluding hydrogens is 234 g/mol. The van der Waals surface area contributed by atoms with Crippen LogP contribution < -0.4 is 11.1 Å². The Morgan fingerprint density at radius 2 is 1.83 bits per heavy atom. The van der Waals surface area contributed by atoms with Crippen molar-refractivity contribution in [1.29, 1.82) is 0 Å². The average Bonchev–Trinajstić information content (AvgIpc) is 2.35. The number of nitrogens with one attached hydrogen (secondary N) is 1. The van der Waals surface area contributed by atoms with Crippen molar-refractivity contribution in [2.24, 2.45) is 0 Å². The molecule has 0 aliphatic carbocycles. The van der Waals surface area contributed by atoms with E-state index in [-0.39, 0.29) is 0 Å². The zero-order chi connectivity index (χ0) is 13.1. The minimum absolute atomic E-state index is 0.416. The predicted molar refractivity (Wildman–Crippen MR) is 69.3 cm³/mol. The summed E-state index contributed by atoms with van der Waals surface area (Å²) in [4.78, 5) is 0. The summed E-state index contributed by atoms with van der Waals surface area (Å²) in [6, 6.07) is 9.46. The van der Waals surface area contributed by atoms with Gasteiger partial charge in [-0.15, -0.1) is 0 Å².